The zero-order chi connectivity index (χ0) is 7.78. The minimum atomic E-state index is -0.999. The van der Waals surface area contributed by atoms with E-state index in [4.69, 9.17) is 10.8 Å². The molecule has 1 atom stereocenters. The van der Waals surface area contributed by atoms with Crippen molar-refractivity contribution in [1.82, 2.24) is 0 Å². The normalized spacial score (nSPS) is 23.8. The Morgan fingerprint density at radius 3 is 2.60 bits per heavy atom. The highest BCUT2D eigenvalue weighted by molar-refractivity contribution is 5.77. The van der Waals surface area contributed by atoms with Crippen molar-refractivity contribution in [3.8, 4) is 0 Å². The molecule has 58 valence electrons. The lowest BCUT2D eigenvalue weighted by molar-refractivity contribution is -0.143. The van der Waals surface area contributed by atoms with E-state index in [9.17, 15) is 4.79 Å². The van der Waals surface area contributed by atoms with Crippen LogP contribution in [0.4, 0.5) is 0 Å². The molecule has 0 bridgehead atoms. The van der Waals surface area contributed by atoms with Gasteiger partial charge in [0, 0.05) is 0 Å². The van der Waals surface area contributed by atoms with Crippen molar-refractivity contribution >= 4 is 5.97 Å². The molecular weight excluding hydrogens is 130 g/mol. The number of carboxylic acids is 1. The Morgan fingerprint density at radius 2 is 2.30 bits per heavy atom. The van der Waals surface area contributed by atoms with Gasteiger partial charge >= 0.3 is 5.97 Å². The van der Waals surface area contributed by atoms with Gasteiger partial charge in [-0.15, -0.1) is 0 Å². The first-order valence-corrected chi connectivity index (χ1v) is 3.54. The predicted molar refractivity (Wildman–Crippen MR) is 37.6 cm³/mol. The van der Waals surface area contributed by atoms with Crippen molar-refractivity contribution in [2.75, 3.05) is 0 Å². The summed E-state index contributed by atoms with van der Waals surface area (Å²) in [7, 11) is 0. The maximum atomic E-state index is 10.5. The van der Waals surface area contributed by atoms with Crippen molar-refractivity contribution in [1.29, 1.82) is 0 Å². The summed E-state index contributed by atoms with van der Waals surface area (Å²) < 4.78 is 0. The van der Waals surface area contributed by atoms with Gasteiger partial charge in [0.2, 0.25) is 0 Å². The van der Waals surface area contributed by atoms with Crippen LogP contribution in [0.2, 0.25) is 0 Å². The second kappa shape index (κ2) is 2.23. The minimum absolute atomic E-state index is 0.575. The highest BCUT2D eigenvalue weighted by atomic mass is 16.4. The SMILES string of the molecule is C[C@@](N)(CC1CC1)C(=O)O. The third kappa shape index (κ3) is 1.70. The molecule has 1 saturated carbocycles. The molecule has 0 spiro atoms. The van der Waals surface area contributed by atoms with E-state index in [-0.39, 0.29) is 0 Å². The van der Waals surface area contributed by atoms with Gasteiger partial charge in [0.15, 0.2) is 0 Å². The number of carbonyl (C=O) groups is 1. The molecule has 1 aliphatic carbocycles. The van der Waals surface area contributed by atoms with Crippen LogP contribution in [-0.4, -0.2) is 16.6 Å². The summed E-state index contributed by atoms with van der Waals surface area (Å²) in [6.45, 7) is 1.58. The summed E-state index contributed by atoms with van der Waals surface area (Å²) in [6.07, 6.45) is 2.93. The smallest absolute Gasteiger partial charge is 0.323 e. The van der Waals surface area contributed by atoms with E-state index in [2.05, 4.69) is 0 Å². The van der Waals surface area contributed by atoms with E-state index in [0.717, 1.165) is 12.8 Å². The molecule has 1 rings (SSSR count). The van der Waals surface area contributed by atoms with E-state index in [1.54, 1.807) is 6.92 Å². The Balaban J connectivity index is 2.40. The Kier molecular flexibility index (Phi) is 1.68. The molecule has 0 aromatic heterocycles. The van der Waals surface area contributed by atoms with Crippen LogP contribution < -0.4 is 5.73 Å². The second-order valence-corrected chi connectivity index (χ2v) is 3.37. The third-order valence-electron chi connectivity index (χ3n) is 1.90. The van der Waals surface area contributed by atoms with Gasteiger partial charge in [-0.3, -0.25) is 4.79 Å². The van der Waals surface area contributed by atoms with Crippen LogP contribution in [0.5, 0.6) is 0 Å². The van der Waals surface area contributed by atoms with Crippen LogP contribution in [0.25, 0.3) is 0 Å². The predicted octanol–water partition coefficient (Wildman–Crippen LogP) is 0.589. The lowest BCUT2D eigenvalue weighted by atomic mass is 9.97. The first-order valence-electron chi connectivity index (χ1n) is 3.54. The van der Waals surface area contributed by atoms with Crippen LogP contribution in [-0.2, 0) is 4.79 Å². The van der Waals surface area contributed by atoms with Crippen molar-refractivity contribution in [2.45, 2.75) is 31.7 Å². The van der Waals surface area contributed by atoms with E-state index >= 15 is 0 Å². The van der Waals surface area contributed by atoms with E-state index in [0.29, 0.717) is 12.3 Å². The maximum Gasteiger partial charge on any atom is 0.323 e. The Morgan fingerprint density at radius 1 is 1.80 bits per heavy atom. The third-order valence-corrected chi connectivity index (χ3v) is 1.90. The molecule has 3 N–H and O–H groups in total. The average Bonchev–Trinajstić information content (AvgIpc) is 2.48. The summed E-state index contributed by atoms with van der Waals surface area (Å²) in [4.78, 5) is 10.5. The fourth-order valence-corrected chi connectivity index (χ4v) is 1.01. The number of hydrogen-bond acceptors (Lipinski definition) is 2. The highest BCUT2D eigenvalue weighted by Gasteiger charge is 2.35. The number of rotatable bonds is 3. The quantitative estimate of drug-likeness (QED) is 0.607. The van der Waals surface area contributed by atoms with Gasteiger partial charge in [-0.05, 0) is 19.3 Å². The molecule has 10 heavy (non-hydrogen) atoms. The lowest BCUT2D eigenvalue weighted by Crippen LogP contribution is -2.45. The van der Waals surface area contributed by atoms with Crippen molar-refractivity contribution < 1.29 is 9.90 Å². The summed E-state index contributed by atoms with van der Waals surface area (Å²) in [5.74, 6) is -0.314. The molecule has 1 aliphatic rings. The molecule has 0 saturated heterocycles. The van der Waals surface area contributed by atoms with Crippen LogP contribution in [0.3, 0.4) is 0 Å². The molecular formula is C7H13NO2. The van der Waals surface area contributed by atoms with Gasteiger partial charge in [0.25, 0.3) is 0 Å². The molecule has 0 unspecified atom stereocenters. The van der Waals surface area contributed by atoms with Crippen molar-refractivity contribution in [2.24, 2.45) is 11.7 Å². The second-order valence-electron chi connectivity index (χ2n) is 3.37. The van der Waals surface area contributed by atoms with Crippen LogP contribution in [0.1, 0.15) is 26.2 Å². The van der Waals surface area contributed by atoms with E-state index in [1.165, 1.54) is 0 Å². The molecule has 0 amide bonds. The zero-order valence-electron chi connectivity index (χ0n) is 6.13. The van der Waals surface area contributed by atoms with E-state index < -0.39 is 11.5 Å². The van der Waals surface area contributed by atoms with Gasteiger partial charge in [0.05, 0.1) is 0 Å². The van der Waals surface area contributed by atoms with Crippen LogP contribution in [0, 0.1) is 5.92 Å². The maximum absolute atomic E-state index is 10.5. The Hall–Kier alpha value is -0.570. The summed E-state index contributed by atoms with van der Waals surface area (Å²) in [6, 6.07) is 0. The van der Waals surface area contributed by atoms with E-state index in [1.807, 2.05) is 0 Å². The van der Waals surface area contributed by atoms with Crippen molar-refractivity contribution in [3.05, 3.63) is 0 Å². The van der Waals surface area contributed by atoms with Crippen LogP contribution >= 0.6 is 0 Å². The fourth-order valence-electron chi connectivity index (χ4n) is 1.01. The highest BCUT2D eigenvalue weighted by Crippen LogP contribution is 2.35. The standard InChI is InChI=1S/C7H13NO2/c1-7(8,6(9)10)4-5-2-3-5/h5H,2-4,8H2,1H3,(H,9,10)/t7-/m1/s1. The molecule has 0 aliphatic heterocycles. The summed E-state index contributed by atoms with van der Waals surface area (Å²) >= 11 is 0. The molecule has 3 heteroatoms. The Labute approximate surface area is 60.2 Å². The van der Waals surface area contributed by atoms with Gasteiger partial charge in [-0.25, -0.2) is 0 Å². The van der Waals surface area contributed by atoms with Crippen molar-refractivity contribution in [3.63, 3.8) is 0 Å². The number of hydrogen-bond donors (Lipinski definition) is 2. The first kappa shape index (κ1) is 7.54. The monoisotopic (exact) mass is 143 g/mol. The summed E-state index contributed by atoms with van der Waals surface area (Å²) in [5.41, 5.74) is 4.50. The molecule has 3 nitrogen and oxygen atoms in total. The van der Waals surface area contributed by atoms with Gasteiger partial charge in [-0.2, -0.15) is 0 Å². The van der Waals surface area contributed by atoms with Gasteiger partial charge < -0.3 is 10.8 Å². The van der Waals surface area contributed by atoms with Crippen LogP contribution in [0.15, 0.2) is 0 Å². The minimum Gasteiger partial charge on any atom is -0.480 e. The topological polar surface area (TPSA) is 63.3 Å². The molecule has 1 fully saturated rings. The number of aliphatic carboxylic acids is 1. The number of carboxylic acid groups (broad SMARTS) is 1. The first-order chi connectivity index (χ1) is 4.52. The largest absolute Gasteiger partial charge is 0.480 e. The molecule has 0 radical (unpaired) electrons. The molecule has 0 heterocycles. The summed E-state index contributed by atoms with van der Waals surface area (Å²) in [5, 5.41) is 8.59. The fraction of sp³-hybridized carbons (Fsp3) is 0.857. The Bertz CT molecular complexity index is 150. The average molecular weight is 143 g/mol. The molecule has 0 aromatic rings. The van der Waals surface area contributed by atoms with Gasteiger partial charge in [-0.1, -0.05) is 12.8 Å². The number of nitrogens with two attached hydrogens (primary N) is 1. The molecule has 0 aromatic carbocycles. The zero-order valence-corrected chi connectivity index (χ0v) is 6.13. The van der Waals surface area contributed by atoms with Gasteiger partial charge in [0.1, 0.15) is 5.54 Å². The lowest BCUT2D eigenvalue weighted by Gasteiger charge is -2.17.